The van der Waals surface area contributed by atoms with Gasteiger partial charge in [-0.15, -0.1) is 0 Å². The van der Waals surface area contributed by atoms with Gasteiger partial charge in [0.15, 0.2) is 5.96 Å². The Hall–Kier alpha value is -1.58. The van der Waals surface area contributed by atoms with Gasteiger partial charge in [0, 0.05) is 31.5 Å². The number of aryl methyl sites for hydroxylation is 1. The molecule has 0 atom stereocenters. The highest BCUT2D eigenvalue weighted by atomic mass is 15.2. The molecule has 0 aliphatic carbocycles. The smallest absolute Gasteiger partial charge is 0.191 e. The third kappa shape index (κ3) is 8.33. The summed E-state index contributed by atoms with van der Waals surface area (Å²) < 4.78 is 0. The topological polar surface area (TPSA) is 49.3 Å². The van der Waals surface area contributed by atoms with Crippen LogP contribution < -0.4 is 10.6 Å². The Morgan fingerprint density at radius 2 is 2.00 bits per heavy atom. The fourth-order valence-electron chi connectivity index (χ4n) is 2.04. The van der Waals surface area contributed by atoms with E-state index in [0.717, 1.165) is 37.7 Å². The summed E-state index contributed by atoms with van der Waals surface area (Å²) in [7, 11) is 0. The fourth-order valence-corrected chi connectivity index (χ4v) is 2.04. The molecule has 1 rings (SSSR count). The minimum atomic E-state index is 0.880. The van der Waals surface area contributed by atoms with Crippen LogP contribution in [0, 0.1) is 6.92 Å². The number of guanidine groups is 1. The molecule has 1 aromatic rings. The number of aliphatic imine (C=N–C) groups is 1. The van der Waals surface area contributed by atoms with Gasteiger partial charge in [-0.3, -0.25) is 9.98 Å². The average molecular weight is 290 g/mol. The second-order valence-electron chi connectivity index (χ2n) is 5.31. The summed E-state index contributed by atoms with van der Waals surface area (Å²) in [5, 5.41) is 6.68. The molecule has 0 aliphatic heterocycles. The first-order valence-corrected chi connectivity index (χ1v) is 8.20. The van der Waals surface area contributed by atoms with Gasteiger partial charge in [0.25, 0.3) is 0 Å². The van der Waals surface area contributed by atoms with E-state index in [9.17, 15) is 0 Å². The van der Waals surface area contributed by atoms with Crippen molar-refractivity contribution in [3.8, 4) is 0 Å². The average Bonchev–Trinajstić information content (AvgIpc) is 2.49. The Kier molecular flexibility index (Phi) is 9.25. The van der Waals surface area contributed by atoms with E-state index < -0.39 is 0 Å². The number of rotatable bonds is 9. The molecular weight excluding hydrogens is 260 g/mol. The third-order valence-electron chi connectivity index (χ3n) is 3.30. The number of pyridine rings is 1. The molecule has 0 saturated heterocycles. The number of hydrogen-bond acceptors (Lipinski definition) is 2. The van der Waals surface area contributed by atoms with Crippen LogP contribution in [0.5, 0.6) is 0 Å². The van der Waals surface area contributed by atoms with Gasteiger partial charge in [0.2, 0.25) is 0 Å². The maximum Gasteiger partial charge on any atom is 0.191 e. The maximum atomic E-state index is 4.61. The second-order valence-corrected chi connectivity index (χ2v) is 5.31. The Labute approximate surface area is 129 Å². The van der Waals surface area contributed by atoms with E-state index in [4.69, 9.17) is 0 Å². The molecular formula is C17H30N4. The minimum Gasteiger partial charge on any atom is -0.357 e. The molecule has 0 aromatic carbocycles. The number of nitrogens with zero attached hydrogens (tertiary/aromatic N) is 2. The van der Waals surface area contributed by atoms with E-state index in [0.29, 0.717) is 0 Å². The molecule has 4 nitrogen and oxygen atoms in total. The summed E-state index contributed by atoms with van der Waals surface area (Å²) in [6, 6.07) is 4.20. The molecule has 1 aromatic heterocycles. The van der Waals surface area contributed by atoms with Gasteiger partial charge in [-0.2, -0.15) is 0 Å². The van der Waals surface area contributed by atoms with Crippen molar-refractivity contribution in [2.24, 2.45) is 4.99 Å². The highest BCUT2D eigenvalue weighted by Gasteiger charge is 1.98. The molecule has 0 radical (unpaired) electrons. The van der Waals surface area contributed by atoms with E-state index in [1.807, 2.05) is 13.1 Å². The molecule has 0 amide bonds. The fraction of sp³-hybridized carbons (Fsp3) is 0.647. The molecule has 0 aliphatic rings. The van der Waals surface area contributed by atoms with Crippen molar-refractivity contribution in [3.05, 3.63) is 29.6 Å². The molecule has 0 saturated carbocycles. The summed E-state index contributed by atoms with van der Waals surface area (Å²) in [4.78, 5) is 8.93. The lowest BCUT2D eigenvalue weighted by Crippen LogP contribution is -2.38. The summed E-state index contributed by atoms with van der Waals surface area (Å²) in [5.41, 5.74) is 2.32. The standard InChI is InChI=1S/C17H30N4/c1-4-6-7-8-12-19-17(18-5-2)20-13-11-16-10-9-15(3)21-14-16/h9-10,14H,4-8,11-13H2,1-3H3,(H2,18,19,20). The van der Waals surface area contributed by atoms with Crippen molar-refractivity contribution in [2.45, 2.75) is 52.9 Å². The first-order valence-electron chi connectivity index (χ1n) is 8.20. The third-order valence-corrected chi connectivity index (χ3v) is 3.30. The molecule has 1 heterocycles. The maximum absolute atomic E-state index is 4.61. The number of nitrogens with one attached hydrogen (secondary N) is 2. The van der Waals surface area contributed by atoms with Crippen molar-refractivity contribution < 1.29 is 0 Å². The highest BCUT2D eigenvalue weighted by molar-refractivity contribution is 5.79. The normalized spacial score (nSPS) is 11.5. The lowest BCUT2D eigenvalue weighted by atomic mass is 10.2. The molecule has 0 unspecified atom stereocenters. The Morgan fingerprint density at radius 1 is 1.14 bits per heavy atom. The molecule has 0 fully saturated rings. The molecule has 2 N–H and O–H groups in total. The van der Waals surface area contributed by atoms with Crippen LogP contribution in [0.15, 0.2) is 23.3 Å². The molecule has 0 bridgehead atoms. The molecule has 0 spiro atoms. The predicted octanol–water partition coefficient (Wildman–Crippen LogP) is 3.07. The van der Waals surface area contributed by atoms with Crippen LogP contribution in [0.3, 0.4) is 0 Å². The first kappa shape index (κ1) is 17.5. The Balaban J connectivity index is 2.29. The van der Waals surface area contributed by atoms with Crippen LogP contribution in [-0.2, 0) is 6.42 Å². The SMILES string of the molecule is CCCCCCN=C(NCC)NCCc1ccc(C)nc1. The lowest BCUT2D eigenvalue weighted by molar-refractivity contribution is 0.670. The van der Waals surface area contributed by atoms with Crippen molar-refractivity contribution in [3.63, 3.8) is 0 Å². The summed E-state index contributed by atoms with van der Waals surface area (Å²) in [6.07, 6.45) is 7.94. The van der Waals surface area contributed by atoms with E-state index in [1.54, 1.807) is 0 Å². The van der Waals surface area contributed by atoms with Gasteiger partial charge >= 0.3 is 0 Å². The predicted molar refractivity (Wildman–Crippen MR) is 90.8 cm³/mol. The number of hydrogen-bond donors (Lipinski definition) is 2. The monoisotopic (exact) mass is 290 g/mol. The van der Waals surface area contributed by atoms with Crippen LogP contribution in [-0.4, -0.2) is 30.6 Å². The lowest BCUT2D eigenvalue weighted by Gasteiger charge is -2.11. The minimum absolute atomic E-state index is 0.880. The second kappa shape index (κ2) is 11.1. The van der Waals surface area contributed by atoms with Gasteiger partial charge in [0.05, 0.1) is 0 Å². The van der Waals surface area contributed by atoms with E-state index >= 15 is 0 Å². The summed E-state index contributed by atoms with van der Waals surface area (Å²) in [5.74, 6) is 0.925. The summed E-state index contributed by atoms with van der Waals surface area (Å²) in [6.45, 7) is 9.02. The van der Waals surface area contributed by atoms with E-state index in [2.05, 4.69) is 46.6 Å². The molecule has 21 heavy (non-hydrogen) atoms. The van der Waals surface area contributed by atoms with Crippen LogP contribution in [0.1, 0.15) is 50.8 Å². The van der Waals surface area contributed by atoms with Gasteiger partial charge in [-0.25, -0.2) is 0 Å². The zero-order chi connectivity index (χ0) is 15.3. The number of unbranched alkanes of at least 4 members (excludes halogenated alkanes) is 3. The quantitative estimate of drug-likeness (QED) is 0.417. The van der Waals surface area contributed by atoms with Crippen molar-refractivity contribution >= 4 is 5.96 Å². The van der Waals surface area contributed by atoms with Crippen LogP contribution in [0.25, 0.3) is 0 Å². The van der Waals surface area contributed by atoms with Crippen LogP contribution >= 0.6 is 0 Å². The van der Waals surface area contributed by atoms with Gasteiger partial charge in [-0.1, -0.05) is 32.3 Å². The Morgan fingerprint density at radius 3 is 2.67 bits per heavy atom. The number of aromatic nitrogens is 1. The van der Waals surface area contributed by atoms with Crippen molar-refractivity contribution in [1.82, 2.24) is 15.6 Å². The van der Waals surface area contributed by atoms with Gasteiger partial charge in [0.1, 0.15) is 0 Å². The van der Waals surface area contributed by atoms with Gasteiger partial charge in [-0.05, 0) is 38.3 Å². The van der Waals surface area contributed by atoms with Crippen LogP contribution in [0.2, 0.25) is 0 Å². The zero-order valence-corrected chi connectivity index (χ0v) is 13.8. The van der Waals surface area contributed by atoms with Crippen molar-refractivity contribution in [1.29, 1.82) is 0 Å². The highest BCUT2D eigenvalue weighted by Crippen LogP contribution is 2.00. The Bertz CT molecular complexity index is 398. The first-order chi connectivity index (χ1) is 10.3. The van der Waals surface area contributed by atoms with E-state index in [1.165, 1.54) is 31.2 Å². The van der Waals surface area contributed by atoms with Crippen LogP contribution in [0.4, 0.5) is 0 Å². The van der Waals surface area contributed by atoms with Crippen molar-refractivity contribution in [2.75, 3.05) is 19.6 Å². The summed E-state index contributed by atoms with van der Waals surface area (Å²) >= 11 is 0. The van der Waals surface area contributed by atoms with E-state index in [-0.39, 0.29) is 0 Å². The van der Waals surface area contributed by atoms with Gasteiger partial charge < -0.3 is 10.6 Å². The molecule has 118 valence electrons. The largest absolute Gasteiger partial charge is 0.357 e. The molecule has 4 heteroatoms. The zero-order valence-electron chi connectivity index (χ0n) is 13.8.